The molecule has 0 saturated carbocycles. The standard InChI is InChI=1S/C16H17ClN2O5S2/c1-10-9-24-14(11-4-3-5-12(17)6-11)8-18(10)16-13(19(20)21)7-15(25-16)26(2,22)23/h3-7,10,14H,8-9H2,1-2H3. The number of morpholine rings is 1. The number of ether oxygens (including phenoxy) is 1. The Bertz CT molecular complexity index is 944. The molecular weight excluding hydrogens is 400 g/mol. The molecule has 1 fully saturated rings. The van der Waals surface area contributed by atoms with E-state index >= 15 is 0 Å². The molecule has 2 aromatic rings. The molecule has 2 heterocycles. The van der Waals surface area contributed by atoms with Crippen molar-refractivity contribution in [3.8, 4) is 0 Å². The number of thiophene rings is 1. The second-order valence-electron chi connectivity index (χ2n) is 6.16. The molecule has 10 heteroatoms. The van der Waals surface area contributed by atoms with Gasteiger partial charge in [-0.25, -0.2) is 8.42 Å². The smallest absolute Gasteiger partial charge is 0.305 e. The van der Waals surface area contributed by atoms with E-state index in [1.165, 1.54) is 0 Å². The molecule has 0 N–H and O–H groups in total. The van der Waals surface area contributed by atoms with Crippen LogP contribution in [0.4, 0.5) is 10.7 Å². The summed E-state index contributed by atoms with van der Waals surface area (Å²) in [6.07, 6.45) is 0.734. The molecule has 140 valence electrons. The summed E-state index contributed by atoms with van der Waals surface area (Å²) in [4.78, 5) is 12.7. The van der Waals surface area contributed by atoms with Crippen molar-refractivity contribution >= 4 is 43.5 Å². The van der Waals surface area contributed by atoms with Crippen LogP contribution in [0.15, 0.2) is 34.5 Å². The summed E-state index contributed by atoms with van der Waals surface area (Å²) in [6, 6.07) is 8.26. The molecule has 7 nitrogen and oxygen atoms in total. The number of rotatable bonds is 4. The first-order valence-electron chi connectivity index (χ1n) is 7.79. The average molecular weight is 417 g/mol. The average Bonchev–Trinajstić information content (AvgIpc) is 3.01. The van der Waals surface area contributed by atoms with E-state index in [4.69, 9.17) is 16.3 Å². The minimum atomic E-state index is -3.53. The van der Waals surface area contributed by atoms with Crippen molar-refractivity contribution in [2.24, 2.45) is 0 Å². The Morgan fingerprint density at radius 2 is 2.12 bits per heavy atom. The molecule has 0 amide bonds. The van der Waals surface area contributed by atoms with E-state index in [1.54, 1.807) is 12.1 Å². The number of nitrogens with zero attached hydrogens (tertiary/aromatic N) is 2. The van der Waals surface area contributed by atoms with E-state index in [0.29, 0.717) is 23.2 Å². The van der Waals surface area contributed by atoms with Gasteiger partial charge in [0.2, 0.25) is 0 Å². The molecule has 2 atom stereocenters. The molecule has 0 spiro atoms. The topological polar surface area (TPSA) is 89.8 Å². The van der Waals surface area contributed by atoms with Gasteiger partial charge in [0.25, 0.3) is 0 Å². The molecule has 1 aliphatic rings. The van der Waals surface area contributed by atoms with Crippen molar-refractivity contribution in [1.82, 2.24) is 0 Å². The highest BCUT2D eigenvalue weighted by molar-refractivity contribution is 7.92. The van der Waals surface area contributed by atoms with E-state index in [2.05, 4.69) is 0 Å². The van der Waals surface area contributed by atoms with Gasteiger partial charge < -0.3 is 9.64 Å². The molecule has 1 aliphatic heterocycles. The third-order valence-corrected chi connectivity index (χ3v) is 7.35. The molecule has 2 unspecified atom stereocenters. The van der Waals surface area contributed by atoms with Crippen LogP contribution >= 0.6 is 22.9 Å². The summed E-state index contributed by atoms with van der Waals surface area (Å²) in [6.45, 7) is 2.62. The fraction of sp³-hybridized carbons (Fsp3) is 0.375. The fourth-order valence-corrected chi connectivity index (χ4v) is 5.16. The number of benzene rings is 1. The molecule has 1 aromatic heterocycles. The van der Waals surface area contributed by atoms with E-state index in [9.17, 15) is 18.5 Å². The van der Waals surface area contributed by atoms with Gasteiger partial charge in [-0.2, -0.15) is 0 Å². The lowest BCUT2D eigenvalue weighted by molar-refractivity contribution is -0.383. The van der Waals surface area contributed by atoms with Gasteiger partial charge in [0.05, 0.1) is 17.6 Å². The van der Waals surface area contributed by atoms with E-state index in [-0.39, 0.29) is 22.0 Å². The maximum atomic E-state index is 11.8. The fourth-order valence-electron chi connectivity index (χ4n) is 2.82. The lowest BCUT2D eigenvalue weighted by Gasteiger charge is -2.38. The van der Waals surface area contributed by atoms with Crippen molar-refractivity contribution in [3.05, 3.63) is 51.0 Å². The third kappa shape index (κ3) is 3.85. The number of hydrogen-bond acceptors (Lipinski definition) is 7. The SMILES string of the molecule is CC1COC(c2cccc(Cl)c2)CN1c1sc(S(C)(=O)=O)cc1[N+](=O)[O-]. The van der Waals surface area contributed by atoms with Crippen LogP contribution in [0.1, 0.15) is 18.6 Å². The van der Waals surface area contributed by atoms with Crippen LogP contribution in [-0.4, -0.2) is 38.8 Å². The van der Waals surface area contributed by atoms with E-state index in [0.717, 1.165) is 29.2 Å². The number of anilines is 1. The minimum absolute atomic E-state index is 0.0165. The van der Waals surface area contributed by atoms with Gasteiger partial charge in [-0.15, -0.1) is 0 Å². The van der Waals surface area contributed by atoms with Crippen LogP contribution in [0, 0.1) is 10.1 Å². The lowest BCUT2D eigenvalue weighted by atomic mass is 10.1. The van der Waals surface area contributed by atoms with Crippen molar-refractivity contribution < 1.29 is 18.1 Å². The Morgan fingerprint density at radius 3 is 2.73 bits per heavy atom. The Kier molecular flexibility index (Phi) is 5.25. The van der Waals surface area contributed by atoms with Gasteiger partial charge in [0, 0.05) is 23.9 Å². The highest BCUT2D eigenvalue weighted by atomic mass is 35.5. The summed E-state index contributed by atoms with van der Waals surface area (Å²) in [5, 5.41) is 12.4. The van der Waals surface area contributed by atoms with Crippen molar-refractivity contribution in [2.75, 3.05) is 24.3 Å². The molecule has 3 rings (SSSR count). The number of sulfone groups is 1. The first kappa shape index (κ1) is 19.1. The van der Waals surface area contributed by atoms with Crippen LogP contribution in [0.5, 0.6) is 0 Å². The van der Waals surface area contributed by atoms with Gasteiger partial charge in [-0.3, -0.25) is 10.1 Å². The van der Waals surface area contributed by atoms with E-state index in [1.807, 2.05) is 24.0 Å². The highest BCUT2D eigenvalue weighted by Crippen LogP contribution is 2.42. The monoisotopic (exact) mass is 416 g/mol. The van der Waals surface area contributed by atoms with Gasteiger partial charge >= 0.3 is 5.69 Å². The zero-order chi connectivity index (χ0) is 19.1. The summed E-state index contributed by atoms with van der Waals surface area (Å²) >= 11 is 6.96. The summed E-state index contributed by atoms with van der Waals surface area (Å²) in [5.41, 5.74) is 0.672. The van der Waals surface area contributed by atoms with Gasteiger partial charge in [-0.1, -0.05) is 35.1 Å². The van der Waals surface area contributed by atoms with Crippen LogP contribution < -0.4 is 4.90 Å². The summed E-state index contributed by atoms with van der Waals surface area (Å²) in [7, 11) is -3.53. The van der Waals surface area contributed by atoms with Gasteiger partial charge in [0.1, 0.15) is 10.3 Å². The second kappa shape index (κ2) is 7.15. The van der Waals surface area contributed by atoms with Gasteiger partial charge in [-0.05, 0) is 24.6 Å². The second-order valence-corrected chi connectivity index (χ2v) is 9.87. The zero-order valence-electron chi connectivity index (χ0n) is 14.1. The molecule has 1 aromatic carbocycles. The number of hydrogen-bond donors (Lipinski definition) is 0. The van der Waals surface area contributed by atoms with Crippen LogP contribution in [0.2, 0.25) is 5.02 Å². The Morgan fingerprint density at radius 1 is 1.38 bits per heavy atom. The maximum absolute atomic E-state index is 11.8. The van der Waals surface area contributed by atoms with E-state index < -0.39 is 14.8 Å². The Labute approximate surface area is 160 Å². The Balaban J connectivity index is 1.99. The summed E-state index contributed by atoms with van der Waals surface area (Å²) in [5.74, 6) is 0. The quantitative estimate of drug-likeness (QED) is 0.557. The maximum Gasteiger partial charge on any atom is 0.305 e. The molecule has 0 bridgehead atoms. The zero-order valence-corrected chi connectivity index (χ0v) is 16.5. The van der Waals surface area contributed by atoms with Crippen LogP contribution in [0.25, 0.3) is 0 Å². The number of nitro groups is 1. The lowest BCUT2D eigenvalue weighted by Crippen LogP contribution is -2.45. The predicted octanol–water partition coefficient (Wildman–Crippen LogP) is 3.68. The van der Waals surface area contributed by atoms with Gasteiger partial charge in [0.15, 0.2) is 14.8 Å². The van der Waals surface area contributed by atoms with Crippen molar-refractivity contribution in [1.29, 1.82) is 0 Å². The van der Waals surface area contributed by atoms with Crippen molar-refractivity contribution in [3.63, 3.8) is 0 Å². The summed E-state index contributed by atoms with van der Waals surface area (Å²) < 4.78 is 29.5. The number of halogens is 1. The molecule has 0 aliphatic carbocycles. The van der Waals surface area contributed by atoms with Crippen molar-refractivity contribution in [2.45, 2.75) is 23.3 Å². The first-order chi connectivity index (χ1) is 12.2. The molecule has 1 saturated heterocycles. The Hall–Kier alpha value is -1.68. The molecular formula is C16H17ClN2O5S2. The van der Waals surface area contributed by atoms with Crippen LogP contribution in [0.3, 0.4) is 0 Å². The minimum Gasteiger partial charge on any atom is -0.370 e. The normalized spacial score (nSPS) is 21.0. The molecule has 0 radical (unpaired) electrons. The molecule has 26 heavy (non-hydrogen) atoms. The first-order valence-corrected chi connectivity index (χ1v) is 10.9. The van der Waals surface area contributed by atoms with Crippen LogP contribution in [-0.2, 0) is 14.6 Å². The largest absolute Gasteiger partial charge is 0.370 e. The third-order valence-electron chi connectivity index (χ3n) is 4.15. The predicted molar refractivity (Wildman–Crippen MR) is 101 cm³/mol. The highest BCUT2D eigenvalue weighted by Gasteiger charge is 2.34.